The zero-order valence-corrected chi connectivity index (χ0v) is 14.4. The summed E-state index contributed by atoms with van der Waals surface area (Å²) in [6.07, 6.45) is 0.849. The van der Waals surface area contributed by atoms with E-state index in [4.69, 9.17) is 16.3 Å². The van der Waals surface area contributed by atoms with E-state index in [1.54, 1.807) is 12.1 Å². The number of hydrogen-bond acceptors (Lipinski definition) is 4. The van der Waals surface area contributed by atoms with Crippen molar-refractivity contribution in [3.8, 4) is 11.5 Å². The molecule has 0 saturated carbocycles. The number of ketones is 1. The molecule has 0 radical (unpaired) electrons. The smallest absolute Gasteiger partial charge is 0.172 e. The number of para-hydroxylation sites is 1. The van der Waals surface area contributed by atoms with Gasteiger partial charge < -0.3 is 9.84 Å². The fraction of sp³-hybridized carbons (Fsp3) is 0.200. The van der Waals surface area contributed by atoms with Gasteiger partial charge >= 0.3 is 0 Å². The summed E-state index contributed by atoms with van der Waals surface area (Å²) in [6.45, 7) is 0.469. The van der Waals surface area contributed by atoms with E-state index in [0.717, 1.165) is 17.3 Å². The lowest BCUT2D eigenvalue weighted by atomic mass is 10.0. The summed E-state index contributed by atoms with van der Waals surface area (Å²) in [7, 11) is 0. The van der Waals surface area contributed by atoms with E-state index in [1.165, 1.54) is 6.07 Å². The van der Waals surface area contributed by atoms with Crippen molar-refractivity contribution in [2.24, 2.45) is 0 Å². The van der Waals surface area contributed by atoms with Crippen LogP contribution in [0.15, 0.2) is 54.6 Å². The summed E-state index contributed by atoms with van der Waals surface area (Å²) in [5.41, 5.74) is 1.78. The van der Waals surface area contributed by atoms with Gasteiger partial charge in [-0.05, 0) is 30.7 Å². The summed E-state index contributed by atoms with van der Waals surface area (Å²) in [4.78, 5) is 17.0. The van der Waals surface area contributed by atoms with Crippen LogP contribution in [-0.2, 0) is 6.42 Å². The predicted molar refractivity (Wildman–Crippen MR) is 98.7 cm³/mol. The summed E-state index contributed by atoms with van der Waals surface area (Å²) in [5, 5.41) is 11.1. The van der Waals surface area contributed by atoms with Crippen LogP contribution in [0.3, 0.4) is 0 Å². The normalized spacial score (nSPS) is 10.8. The molecular weight excluding hydrogens is 338 g/mol. The van der Waals surface area contributed by atoms with Gasteiger partial charge in [-0.2, -0.15) is 0 Å². The summed E-state index contributed by atoms with van der Waals surface area (Å²) in [6, 6.07) is 16.2. The van der Waals surface area contributed by atoms with E-state index in [-0.39, 0.29) is 23.5 Å². The van der Waals surface area contributed by atoms with Gasteiger partial charge in [-0.1, -0.05) is 24.3 Å². The van der Waals surface area contributed by atoms with Crippen molar-refractivity contribution in [1.82, 2.24) is 4.98 Å². The Hall–Kier alpha value is -2.59. The minimum atomic E-state index is -0.187. The number of halogens is 1. The van der Waals surface area contributed by atoms with Crippen LogP contribution in [0.1, 0.15) is 22.5 Å². The topological polar surface area (TPSA) is 59.4 Å². The highest BCUT2D eigenvalue weighted by molar-refractivity contribution is 6.17. The number of pyridine rings is 1. The number of phenols is 1. The molecule has 0 bridgehead atoms. The van der Waals surface area contributed by atoms with Gasteiger partial charge in [-0.3, -0.25) is 9.78 Å². The average Bonchev–Trinajstić information content (AvgIpc) is 2.62. The predicted octanol–water partition coefficient (Wildman–Crippen LogP) is 4.37. The molecule has 3 rings (SSSR count). The van der Waals surface area contributed by atoms with E-state index < -0.39 is 0 Å². The first-order valence-corrected chi connectivity index (χ1v) is 8.60. The van der Waals surface area contributed by atoms with Gasteiger partial charge in [0.05, 0.1) is 24.1 Å². The third-order valence-corrected chi connectivity index (χ3v) is 4.08. The molecule has 0 aliphatic heterocycles. The van der Waals surface area contributed by atoms with Gasteiger partial charge in [0.25, 0.3) is 0 Å². The number of alkyl halides is 1. The van der Waals surface area contributed by atoms with Crippen molar-refractivity contribution >= 4 is 28.3 Å². The van der Waals surface area contributed by atoms with Gasteiger partial charge in [0.15, 0.2) is 5.78 Å². The molecule has 2 aromatic carbocycles. The molecule has 0 aliphatic carbocycles. The lowest BCUT2D eigenvalue weighted by Crippen LogP contribution is -2.06. The van der Waals surface area contributed by atoms with Crippen molar-refractivity contribution < 1.29 is 14.6 Å². The number of carbonyl (C=O) groups excluding carboxylic acids is 1. The zero-order valence-electron chi connectivity index (χ0n) is 13.6. The highest BCUT2D eigenvalue weighted by atomic mass is 35.5. The highest BCUT2D eigenvalue weighted by Gasteiger charge is 2.14. The second-order valence-electron chi connectivity index (χ2n) is 5.67. The number of ether oxygens (including phenoxy) is 1. The van der Waals surface area contributed by atoms with E-state index >= 15 is 0 Å². The lowest BCUT2D eigenvalue weighted by Gasteiger charge is -2.08. The van der Waals surface area contributed by atoms with Crippen molar-refractivity contribution in [3.05, 3.63) is 65.9 Å². The van der Waals surface area contributed by atoms with Crippen molar-refractivity contribution in [2.75, 3.05) is 12.5 Å². The van der Waals surface area contributed by atoms with Crippen LogP contribution in [0.2, 0.25) is 0 Å². The molecule has 3 aromatic rings. The maximum Gasteiger partial charge on any atom is 0.172 e. The number of aromatic hydroxyl groups is 1. The third kappa shape index (κ3) is 4.28. The SMILES string of the molecule is O=C(Cc1ccc2ccccc2n1)c1ccc(OCCCCl)cc1O. The maximum atomic E-state index is 12.5. The highest BCUT2D eigenvalue weighted by Crippen LogP contribution is 2.25. The standard InChI is InChI=1S/C20H18ClNO3/c21-10-3-11-25-16-8-9-17(20(24)13-16)19(23)12-15-7-6-14-4-1-2-5-18(14)22-15/h1-2,4-9,13,24H,3,10-12H2. The maximum absolute atomic E-state index is 12.5. The molecule has 0 atom stereocenters. The van der Waals surface area contributed by atoms with Crippen LogP contribution >= 0.6 is 11.6 Å². The zero-order chi connectivity index (χ0) is 17.6. The van der Waals surface area contributed by atoms with Crippen LogP contribution in [0, 0.1) is 0 Å². The van der Waals surface area contributed by atoms with Gasteiger partial charge in [0.2, 0.25) is 0 Å². The fourth-order valence-corrected chi connectivity index (χ4v) is 2.66. The minimum Gasteiger partial charge on any atom is -0.507 e. The Kier molecular flexibility index (Phi) is 5.51. The van der Waals surface area contributed by atoms with Gasteiger partial charge in [-0.25, -0.2) is 0 Å². The van der Waals surface area contributed by atoms with Crippen LogP contribution in [-0.4, -0.2) is 28.4 Å². The second-order valence-corrected chi connectivity index (χ2v) is 6.04. The number of aromatic nitrogens is 1. The molecule has 0 spiro atoms. The Labute approximate surface area is 151 Å². The van der Waals surface area contributed by atoms with Gasteiger partial charge in [-0.15, -0.1) is 11.6 Å². The second kappa shape index (κ2) is 7.99. The number of benzene rings is 2. The van der Waals surface area contributed by atoms with Gasteiger partial charge in [0, 0.05) is 23.0 Å². The van der Waals surface area contributed by atoms with Crippen LogP contribution < -0.4 is 4.74 Å². The lowest BCUT2D eigenvalue weighted by molar-refractivity contribution is 0.0989. The summed E-state index contributed by atoms with van der Waals surface area (Å²) < 4.78 is 5.46. The number of Topliss-reactive ketones (excluding diaryl/α,β-unsaturated/α-hetero) is 1. The molecule has 0 saturated heterocycles. The summed E-state index contributed by atoms with van der Waals surface area (Å²) in [5.74, 6) is 0.756. The number of nitrogens with zero attached hydrogens (tertiary/aromatic N) is 1. The first kappa shape index (κ1) is 17.2. The molecule has 1 aromatic heterocycles. The number of carbonyl (C=O) groups is 1. The molecule has 0 fully saturated rings. The molecule has 1 N–H and O–H groups in total. The van der Waals surface area contributed by atoms with E-state index in [1.807, 2.05) is 36.4 Å². The molecule has 128 valence electrons. The Bertz CT molecular complexity index is 895. The van der Waals surface area contributed by atoms with Crippen molar-refractivity contribution in [2.45, 2.75) is 12.8 Å². The van der Waals surface area contributed by atoms with Crippen LogP contribution in [0.25, 0.3) is 10.9 Å². The Morgan fingerprint density at radius 1 is 1.12 bits per heavy atom. The van der Waals surface area contributed by atoms with Crippen molar-refractivity contribution in [1.29, 1.82) is 0 Å². The molecule has 0 unspecified atom stereocenters. The molecule has 0 amide bonds. The van der Waals surface area contributed by atoms with E-state index in [9.17, 15) is 9.90 Å². The van der Waals surface area contributed by atoms with E-state index in [0.29, 0.717) is 23.9 Å². The number of rotatable bonds is 7. The average molecular weight is 356 g/mol. The van der Waals surface area contributed by atoms with Crippen LogP contribution in [0.4, 0.5) is 0 Å². The molecule has 0 aliphatic rings. The number of fused-ring (bicyclic) bond motifs is 1. The largest absolute Gasteiger partial charge is 0.507 e. The minimum absolute atomic E-state index is 0.0887. The van der Waals surface area contributed by atoms with E-state index in [2.05, 4.69) is 4.98 Å². The third-order valence-electron chi connectivity index (χ3n) is 3.81. The molecule has 4 nitrogen and oxygen atoms in total. The molecular formula is C20H18ClNO3. The molecule has 25 heavy (non-hydrogen) atoms. The number of hydrogen-bond donors (Lipinski definition) is 1. The van der Waals surface area contributed by atoms with Gasteiger partial charge in [0.1, 0.15) is 11.5 Å². The Morgan fingerprint density at radius 2 is 1.96 bits per heavy atom. The monoisotopic (exact) mass is 355 g/mol. The summed E-state index contributed by atoms with van der Waals surface area (Å²) >= 11 is 5.60. The Morgan fingerprint density at radius 3 is 2.76 bits per heavy atom. The molecule has 5 heteroatoms. The first-order chi connectivity index (χ1) is 12.2. The molecule has 1 heterocycles. The van der Waals surface area contributed by atoms with Crippen molar-refractivity contribution in [3.63, 3.8) is 0 Å². The van der Waals surface area contributed by atoms with Crippen LogP contribution in [0.5, 0.6) is 11.5 Å². The first-order valence-electron chi connectivity index (χ1n) is 8.07. The fourth-order valence-electron chi connectivity index (χ4n) is 2.55. The quantitative estimate of drug-likeness (QED) is 0.388. The Balaban J connectivity index is 1.73. The number of phenolic OH excluding ortho intramolecular Hbond substituents is 1.